The lowest BCUT2D eigenvalue weighted by Crippen LogP contribution is -2.59. The lowest BCUT2D eigenvalue weighted by atomic mass is 9.66. The summed E-state index contributed by atoms with van der Waals surface area (Å²) >= 11 is 5.61. The van der Waals surface area contributed by atoms with Gasteiger partial charge in [0.25, 0.3) is 10.1 Å². The number of ether oxygens (including phenoxy) is 2. The number of benzene rings is 2. The number of carboxylic acid groups (broad SMARTS) is 1. The second-order valence-corrected chi connectivity index (χ2v) is 10.9. The van der Waals surface area contributed by atoms with E-state index in [4.69, 9.17) is 25.3 Å². The van der Waals surface area contributed by atoms with Crippen LogP contribution < -0.4 is 4.74 Å². The SMILES string of the molecule is COc1ccc(CO[C@](C(=O)O)([C@@H](C)c2ccccc2)C(C)(C)COS(=O)(=O)CCCCl)cc1. The van der Waals surface area contributed by atoms with Gasteiger partial charge in [-0.15, -0.1) is 11.6 Å². The topological polar surface area (TPSA) is 99.1 Å². The number of alkyl halides is 1. The summed E-state index contributed by atoms with van der Waals surface area (Å²) in [5.74, 6) is -1.23. The molecule has 2 rings (SSSR count). The Kier molecular flexibility index (Phi) is 9.94. The van der Waals surface area contributed by atoms with Crippen LogP contribution in [0.4, 0.5) is 0 Å². The molecule has 9 heteroatoms. The largest absolute Gasteiger partial charge is 0.497 e. The van der Waals surface area contributed by atoms with Crippen LogP contribution in [-0.2, 0) is 30.4 Å². The maximum absolute atomic E-state index is 12.9. The van der Waals surface area contributed by atoms with Crippen molar-refractivity contribution in [2.24, 2.45) is 5.41 Å². The molecule has 0 aromatic heterocycles. The molecule has 2 atom stereocenters. The molecule has 34 heavy (non-hydrogen) atoms. The van der Waals surface area contributed by atoms with Crippen molar-refractivity contribution in [2.45, 2.75) is 45.3 Å². The molecule has 0 amide bonds. The first-order valence-corrected chi connectivity index (χ1v) is 13.1. The van der Waals surface area contributed by atoms with Crippen LogP contribution in [0.2, 0.25) is 0 Å². The van der Waals surface area contributed by atoms with E-state index in [2.05, 4.69) is 0 Å². The Morgan fingerprint density at radius 2 is 1.71 bits per heavy atom. The number of carboxylic acids is 1. The van der Waals surface area contributed by atoms with Crippen LogP contribution in [0, 0.1) is 5.41 Å². The van der Waals surface area contributed by atoms with Crippen molar-refractivity contribution in [2.75, 3.05) is 25.3 Å². The normalized spacial score (nSPS) is 14.9. The van der Waals surface area contributed by atoms with E-state index < -0.39 is 33.0 Å². The molecule has 0 saturated heterocycles. The fraction of sp³-hybridized carbons (Fsp3) is 0.480. The highest BCUT2D eigenvalue weighted by atomic mass is 35.5. The zero-order valence-corrected chi connectivity index (χ0v) is 21.6. The molecule has 0 fully saturated rings. The molecule has 188 valence electrons. The number of hydrogen-bond acceptors (Lipinski definition) is 6. The molecule has 7 nitrogen and oxygen atoms in total. The van der Waals surface area contributed by atoms with Gasteiger partial charge in [0, 0.05) is 17.2 Å². The minimum Gasteiger partial charge on any atom is -0.497 e. The molecule has 0 spiro atoms. The van der Waals surface area contributed by atoms with Gasteiger partial charge in [-0.3, -0.25) is 4.18 Å². The van der Waals surface area contributed by atoms with Gasteiger partial charge < -0.3 is 14.6 Å². The summed E-state index contributed by atoms with van der Waals surface area (Å²) in [5, 5.41) is 10.6. The number of carbonyl (C=O) groups is 1. The highest BCUT2D eigenvalue weighted by Gasteiger charge is 2.57. The van der Waals surface area contributed by atoms with Crippen molar-refractivity contribution in [3.05, 3.63) is 65.7 Å². The maximum atomic E-state index is 12.9. The number of hydrogen-bond donors (Lipinski definition) is 1. The minimum atomic E-state index is -3.87. The fourth-order valence-corrected chi connectivity index (χ4v) is 5.35. The maximum Gasteiger partial charge on any atom is 0.337 e. The van der Waals surface area contributed by atoms with Crippen LogP contribution in [0.25, 0.3) is 0 Å². The summed E-state index contributed by atoms with van der Waals surface area (Å²) in [6.45, 7) is 4.68. The minimum absolute atomic E-state index is 0.00407. The lowest BCUT2D eigenvalue weighted by Gasteiger charge is -2.46. The molecule has 2 aromatic rings. The van der Waals surface area contributed by atoms with Gasteiger partial charge >= 0.3 is 5.97 Å². The second kappa shape index (κ2) is 12.0. The number of aliphatic carboxylic acids is 1. The quantitative estimate of drug-likeness (QED) is 0.285. The average molecular weight is 513 g/mol. The third-order valence-electron chi connectivity index (χ3n) is 5.99. The number of methoxy groups -OCH3 is 1. The van der Waals surface area contributed by atoms with E-state index in [0.29, 0.717) is 5.75 Å². The van der Waals surface area contributed by atoms with Crippen molar-refractivity contribution in [3.63, 3.8) is 0 Å². The molecule has 0 saturated carbocycles. The molecular weight excluding hydrogens is 480 g/mol. The van der Waals surface area contributed by atoms with Gasteiger partial charge in [-0.25, -0.2) is 4.79 Å². The van der Waals surface area contributed by atoms with Crippen molar-refractivity contribution in [1.29, 1.82) is 0 Å². The first-order chi connectivity index (χ1) is 16.0. The van der Waals surface area contributed by atoms with Gasteiger partial charge in [-0.2, -0.15) is 8.42 Å². The van der Waals surface area contributed by atoms with Gasteiger partial charge in [-0.05, 0) is 29.7 Å². The third-order valence-corrected chi connectivity index (χ3v) is 7.52. The standard InChI is InChI=1S/C25H33ClO7S/c1-19(21-9-6-5-7-10-21)25(23(27)28,32-17-20-11-13-22(31-4)14-12-20)24(2,3)18-33-34(29,30)16-8-15-26/h5-7,9-14,19H,8,15-18H2,1-4H3,(H,27,28)/t19-,25-/m0/s1. The molecule has 0 aliphatic rings. The van der Waals surface area contributed by atoms with Crippen molar-refractivity contribution in [3.8, 4) is 5.75 Å². The fourth-order valence-electron chi connectivity index (χ4n) is 3.97. The summed E-state index contributed by atoms with van der Waals surface area (Å²) < 4.78 is 41.4. The van der Waals surface area contributed by atoms with Crippen LogP contribution in [0.5, 0.6) is 5.75 Å². The Bertz CT molecular complexity index is 1020. The molecule has 0 radical (unpaired) electrons. The van der Waals surface area contributed by atoms with Crippen LogP contribution in [-0.4, -0.2) is 50.4 Å². The molecule has 0 heterocycles. The molecule has 0 unspecified atom stereocenters. The van der Waals surface area contributed by atoms with Crippen LogP contribution in [0.1, 0.15) is 44.2 Å². The molecule has 2 aromatic carbocycles. The van der Waals surface area contributed by atoms with E-state index in [9.17, 15) is 18.3 Å². The molecule has 0 bridgehead atoms. The Morgan fingerprint density at radius 3 is 2.24 bits per heavy atom. The van der Waals surface area contributed by atoms with Crippen LogP contribution >= 0.6 is 11.6 Å². The van der Waals surface area contributed by atoms with Crippen LogP contribution in [0.15, 0.2) is 54.6 Å². The number of halogens is 1. The molecule has 0 aliphatic heterocycles. The zero-order chi connectivity index (χ0) is 25.4. The Morgan fingerprint density at radius 1 is 1.09 bits per heavy atom. The highest BCUT2D eigenvalue weighted by Crippen LogP contribution is 2.46. The summed E-state index contributed by atoms with van der Waals surface area (Å²) in [5.41, 5.74) is -1.55. The Hall–Kier alpha value is -2.13. The predicted molar refractivity (Wildman–Crippen MR) is 132 cm³/mol. The lowest BCUT2D eigenvalue weighted by molar-refractivity contribution is -0.198. The van der Waals surface area contributed by atoms with E-state index in [-0.39, 0.29) is 31.3 Å². The van der Waals surface area contributed by atoms with Crippen molar-refractivity contribution in [1.82, 2.24) is 0 Å². The zero-order valence-electron chi connectivity index (χ0n) is 20.0. The van der Waals surface area contributed by atoms with Crippen molar-refractivity contribution >= 4 is 27.7 Å². The first-order valence-electron chi connectivity index (χ1n) is 11.0. The van der Waals surface area contributed by atoms with Gasteiger partial charge in [0.2, 0.25) is 0 Å². The van der Waals surface area contributed by atoms with Gasteiger partial charge in [0.05, 0.1) is 26.1 Å². The van der Waals surface area contributed by atoms with Gasteiger partial charge in [-0.1, -0.05) is 63.2 Å². The third kappa shape index (κ3) is 6.72. The first kappa shape index (κ1) is 28.1. The summed E-state index contributed by atoms with van der Waals surface area (Å²) in [6, 6.07) is 16.2. The highest BCUT2D eigenvalue weighted by molar-refractivity contribution is 7.86. The van der Waals surface area contributed by atoms with E-state index in [1.807, 2.05) is 30.3 Å². The average Bonchev–Trinajstić information content (AvgIpc) is 2.82. The molecule has 0 aliphatic carbocycles. The molecule has 1 N–H and O–H groups in total. The van der Waals surface area contributed by atoms with Crippen LogP contribution in [0.3, 0.4) is 0 Å². The summed E-state index contributed by atoms with van der Waals surface area (Å²) in [4.78, 5) is 12.9. The smallest absolute Gasteiger partial charge is 0.337 e. The van der Waals surface area contributed by atoms with Gasteiger partial charge in [0.15, 0.2) is 5.60 Å². The van der Waals surface area contributed by atoms with E-state index >= 15 is 0 Å². The van der Waals surface area contributed by atoms with Crippen molar-refractivity contribution < 1.29 is 32.0 Å². The Balaban J connectivity index is 2.45. The van der Waals surface area contributed by atoms with E-state index in [1.165, 1.54) is 0 Å². The second-order valence-electron chi connectivity index (χ2n) is 8.76. The Labute approximate surface area is 207 Å². The monoisotopic (exact) mass is 512 g/mol. The summed E-state index contributed by atoms with van der Waals surface area (Å²) in [6.07, 6.45) is 0.239. The predicted octanol–water partition coefficient (Wildman–Crippen LogP) is 4.84. The molecular formula is C25H33ClO7S. The van der Waals surface area contributed by atoms with Gasteiger partial charge in [0.1, 0.15) is 5.75 Å². The van der Waals surface area contributed by atoms with E-state index in [1.54, 1.807) is 52.1 Å². The van der Waals surface area contributed by atoms with E-state index in [0.717, 1.165) is 11.1 Å². The number of rotatable bonds is 14. The summed E-state index contributed by atoms with van der Waals surface area (Å²) in [7, 11) is -2.31.